The molecule has 2 aromatic rings. The van der Waals surface area contributed by atoms with Gasteiger partial charge in [-0.05, 0) is 25.3 Å². The van der Waals surface area contributed by atoms with Crippen LogP contribution in [-0.2, 0) is 11.3 Å². The van der Waals surface area contributed by atoms with Crippen molar-refractivity contribution in [3.63, 3.8) is 0 Å². The molecule has 1 heterocycles. The molecule has 4 nitrogen and oxygen atoms in total. The number of hydrogen-bond acceptors (Lipinski definition) is 3. The highest BCUT2D eigenvalue weighted by atomic mass is 35.5. The SMILES string of the molecule is Cl.NC1CCC(C(=O)N=c2sccn2Cc2ccccc2F)C1. The van der Waals surface area contributed by atoms with Crippen molar-refractivity contribution in [1.82, 2.24) is 4.57 Å². The van der Waals surface area contributed by atoms with Crippen molar-refractivity contribution in [3.8, 4) is 0 Å². The standard InChI is InChI=1S/C16H18FN3OS.ClH/c17-14-4-2-1-3-12(14)10-20-7-8-22-16(20)19-15(21)11-5-6-13(18)9-11;/h1-4,7-8,11,13H,5-6,9-10,18H2;1H. The number of nitrogens with two attached hydrogens (primary N) is 1. The number of thiazole rings is 1. The van der Waals surface area contributed by atoms with Gasteiger partial charge in [-0.15, -0.1) is 23.7 Å². The molecule has 124 valence electrons. The maximum absolute atomic E-state index is 13.7. The van der Waals surface area contributed by atoms with Crippen LogP contribution in [0.15, 0.2) is 40.8 Å². The minimum Gasteiger partial charge on any atom is -0.328 e. The lowest BCUT2D eigenvalue weighted by atomic mass is 10.1. The van der Waals surface area contributed by atoms with Gasteiger partial charge in [-0.3, -0.25) is 4.79 Å². The molecule has 1 aliphatic carbocycles. The van der Waals surface area contributed by atoms with Crippen LogP contribution in [-0.4, -0.2) is 16.5 Å². The third kappa shape index (κ3) is 4.28. The summed E-state index contributed by atoms with van der Waals surface area (Å²) in [5.74, 6) is -0.433. The van der Waals surface area contributed by atoms with Gasteiger partial charge in [-0.1, -0.05) is 18.2 Å². The smallest absolute Gasteiger partial charge is 0.251 e. The molecule has 2 N–H and O–H groups in total. The highest BCUT2D eigenvalue weighted by molar-refractivity contribution is 7.07. The lowest BCUT2D eigenvalue weighted by Crippen LogP contribution is -2.21. The number of amides is 1. The number of nitrogens with zero attached hydrogens (tertiary/aromatic N) is 2. The summed E-state index contributed by atoms with van der Waals surface area (Å²) in [7, 11) is 0. The minimum atomic E-state index is -0.250. The second kappa shape index (κ2) is 7.86. The molecular formula is C16H19ClFN3OS. The molecule has 0 spiro atoms. The van der Waals surface area contributed by atoms with Crippen LogP contribution in [0.3, 0.4) is 0 Å². The van der Waals surface area contributed by atoms with Gasteiger partial charge in [0.1, 0.15) is 5.82 Å². The van der Waals surface area contributed by atoms with Crippen molar-refractivity contribution in [1.29, 1.82) is 0 Å². The molecule has 23 heavy (non-hydrogen) atoms. The van der Waals surface area contributed by atoms with Gasteiger partial charge in [0.2, 0.25) is 0 Å². The van der Waals surface area contributed by atoms with Crippen LogP contribution in [0.25, 0.3) is 0 Å². The Labute approximate surface area is 144 Å². The zero-order valence-electron chi connectivity index (χ0n) is 12.5. The van der Waals surface area contributed by atoms with Crippen LogP contribution < -0.4 is 10.5 Å². The van der Waals surface area contributed by atoms with Crippen LogP contribution in [0.2, 0.25) is 0 Å². The monoisotopic (exact) mass is 355 g/mol. The zero-order chi connectivity index (χ0) is 15.5. The Morgan fingerprint density at radius 2 is 2.17 bits per heavy atom. The van der Waals surface area contributed by atoms with E-state index in [4.69, 9.17) is 5.73 Å². The average molecular weight is 356 g/mol. The van der Waals surface area contributed by atoms with Crippen molar-refractivity contribution < 1.29 is 9.18 Å². The Morgan fingerprint density at radius 1 is 1.39 bits per heavy atom. The molecule has 0 radical (unpaired) electrons. The molecule has 1 aromatic heterocycles. The Morgan fingerprint density at radius 3 is 2.87 bits per heavy atom. The number of aromatic nitrogens is 1. The number of rotatable bonds is 3. The lowest BCUT2D eigenvalue weighted by molar-refractivity contribution is -0.121. The molecule has 0 aliphatic heterocycles. The van der Waals surface area contributed by atoms with Crippen LogP contribution in [0.5, 0.6) is 0 Å². The maximum Gasteiger partial charge on any atom is 0.251 e. The number of benzene rings is 1. The first-order chi connectivity index (χ1) is 10.6. The third-order valence-electron chi connectivity index (χ3n) is 3.99. The first-order valence-corrected chi connectivity index (χ1v) is 8.23. The van der Waals surface area contributed by atoms with Crippen LogP contribution in [0.1, 0.15) is 24.8 Å². The van der Waals surface area contributed by atoms with E-state index in [-0.39, 0.29) is 36.1 Å². The summed E-state index contributed by atoms with van der Waals surface area (Å²) in [6.07, 6.45) is 4.22. The Bertz CT molecular complexity index is 743. The molecule has 1 aliphatic rings. The topological polar surface area (TPSA) is 60.4 Å². The Balaban J connectivity index is 0.00000192. The van der Waals surface area contributed by atoms with E-state index in [1.807, 2.05) is 11.6 Å². The van der Waals surface area contributed by atoms with E-state index in [9.17, 15) is 9.18 Å². The third-order valence-corrected chi connectivity index (χ3v) is 4.78. The van der Waals surface area contributed by atoms with Crippen LogP contribution in [0.4, 0.5) is 4.39 Å². The fourth-order valence-corrected chi connectivity index (χ4v) is 3.48. The molecule has 7 heteroatoms. The van der Waals surface area contributed by atoms with Gasteiger partial charge in [-0.25, -0.2) is 4.39 Å². The van der Waals surface area contributed by atoms with E-state index in [1.54, 1.807) is 22.8 Å². The van der Waals surface area contributed by atoms with Crippen molar-refractivity contribution in [2.75, 3.05) is 0 Å². The molecule has 1 fully saturated rings. The van der Waals surface area contributed by atoms with Gasteiger partial charge in [0.25, 0.3) is 5.91 Å². The predicted octanol–water partition coefficient (Wildman–Crippen LogP) is 2.71. The van der Waals surface area contributed by atoms with Crippen molar-refractivity contribution in [3.05, 3.63) is 52.0 Å². The van der Waals surface area contributed by atoms with Crippen molar-refractivity contribution >= 4 is 29.7 Å². The zero-order valence-corrected chi connectivity index (χ0v) is 14.2. The van der Waals surface area contributed by atoms with Crippen LogP contribution >= 0.6 is 23.7 Å². The highest BCUT2D eigenvalue weighted by Crippen LogP contribution is 2.25. The van der Waals surface area contributed by atoms with Crippen molar-refractivity contribution in [2.45, 2.75) is 31.8 Å². The van der Waals surface area contributed by atoms with E-state index >= 15 is 0 Å². The quantitative estimate of drug-likeness (QED) is 0.920. The summed E-state index contributed by atoms with van der Waals surface area (Å²) in [5.41, 5.74) is 6.43. The molecule has 1 saturated carbocycles. The van der Waals surface area contributed by atoms with E-state index < -0.39 is 0 Å². The second-order valence-electron chi connectivity index (χ2n) is 5.62. The first-order valence-electron chi connectivity index (χ1n) is 7.35. The van der Waals surface area contributed by atoms with E-state index in [1.165, 1.54) is 17.4 Å². The lowest BCUT2D eigenvalue weighted by Gasteiger charge is -2.06. The normalized spacial score (nSPS) is 21.2. The number of hydrogen-bond donors (Lipinski definition) is 1. The predicted molar refractivity (Wildman–Crippen MR) is 90.9 cm³/mol. The largest absolute Gasteiger partial charge is 0.328 e. The summed E-state index contributed by atoms with van der Waals surface area (Å²) in [6, 6.07) is 6.74. The summed E-state index contributed by atoms with van der Waals surface area (Å²) in [5, 5.41) is 1.85. The molecule has 1 amide bonds. The Kier molecular flexibility index (Phi) is 6.10. The van der Waals surface area contributed by atoms with Gasteiger partial charge >= 0.3 is 0 Å². The Hall–Kier alpha value is -1.50. The molecule has 2 unspecified atom stereocenters. The van der Waals surface area contributed by atoms with E-state index in [2.05, 4.69) is 4.99 Å². The number of halogens is 2. The first kappa shape index (κ1) is 17.8. The van der Waals surface area contributed by atoms with Crippen LogP contribution in [0, 0.1) is 11.7 Å². The minimum absolute atomic E-state index is 0. The summed E-state index contributed by atoms with van der Waals surface area (Å²) in [4.78, 5) is 17.1. The maximum atomic E-state index is 13.7. The van der Waals surface area contributed by atoms with E-state index in [0.717, 1.165) is 12.8 Å². The van der Waals surface area contributed by atoms with E-state index in [0.29, 0.717) is 23.3 Å². The summed E-state index contributed by atoms with van der Waals surface area (Å²) < 4.78 is 15.5. The average Bonchev–Trinajstić information content (AvgIpc) is 3.11. The fraction of sp³-hybridized carbons (Fsp3) is 0.375. The van der Waals surface area contributed by atoms with Gasteiger partial charge < -0.3 is 10.3 Å². The van der Waals surface area contributed by atoms with Gasteiger partial charge in [0, 0.05) is 29.1 Å². The molecular weight excluding hydrogens is 337 g/mol. The van der Waals surface area contributed by atoms with Gasteiger partial charge in [0.15, 0.2) is 4.80 Å². The van der Waals surface area contributed by atoms with Gasteiger partial charge in [-0.2, -0.15) is 4.99 Å². The molecule has 3 rings (SSSR count). The second-order valence-corrected chi connectivity index (χ2v) is 6.50. The fourth-order valence-electron chi connectivity index (χ4n) is 2.74. The highest BCUT2D eigenvalue weighted by Gasteiger charge is 2.27. The number of carbonyl (C=O) groups is 1. The van der Waals surface area contributed by atoms with Gasteiger partial charge in [0.05, 0.1) is 6.54 Å². The number of carbonyl (C=O) groups excluding carboxylic acids is 1. The molecule has 0 bridgehead atoms. The summed E-state index contributed by atoms with van der Waals surface area (Å²) >= 11 is 1.38. The molecule has 2 atom stereocenters. The molecule has 0 saturated heterocycles. The summed E-state index contributed by atoms with van der Waals surface area (Å²) in [6.45, 7) is 0.368. The van der Waals surface area contributed by atoms with Crippen molar-refractivity contribution in [2.24, 2.45) is 16.6 Å². The molecule has 1 aromatic carbocycles.